The Bertz CT molecular complexity index is 453. The molecule has 0 radical (unpaired) electrons. The monoisotopic (exact) mass is 308 g/mol. The second-order valence-electron chi connectivity index (χ2n) is 4.27. The lowest BCUT2D eigenvalue weighted by atomic mass is 9.95. The first kappa shape index (κ1) is 14.7. The van der Waals surface area contributed by atoms with Gasteiger partial charge in [-0.15, -0.1) is 0 Å². The van der Waals surface area contributed by atoms with Crippen molar-refractivity contribution in [2.45, 2.75) is 32.2 Å². The third kappa shape index (κ3) is 3.33. The molecule has 0 aromatic heterocycles. The Labute approximate surface area is 116 Å². The highest BCUT2D eigenvalue weighted by Crippen LogP contribution is 2.19. The molecule has 0 saturated carbocycles. The molecule has 0 saturated heterocycles. The first-order valence-electron chi connectivity index (χ1n) is 5.99. The van der Waals surface area contributed by atoms with Crippen LogP contribution in [-0.2, 0) is 0 Å². The van der Waals surface area contributed by atoms with Crippen molar-refractivity contribution < 1.29 is 4.79 Å². The van der Waals surface area contributed by atoms with E-state index in [1.165, 1.54) is 0 Å². The number of rotatable bonds is 5. The number of halogens is 1. The van der Waals surface area contributed by atoms with Gasteiger partial charge < -0.3 is 5.32 Å². The minimum atomic E-state index is -0.222. The van der Waals surface area contributed by atoms with Gasteiger partial charge in [0.25, 0.3) is 5.91 Å². The maximum atomic E-state index is 12.2. The largest absolute Gasteiger partial charge is 0.346 e. The number of benzene rings is 1. The van der Waals surface area contributed by atoms with Gasteiger partial charge in [0.15, 0.2) is 0 Å². The molecule has 0 bridgehead atoms. The molecular formula is C14H17BrN2O. The van der Waals surface area contributed by atoms with Gasteiger partial charge in [-0.1, -0.05) is 35.8 Å². The third-order valence-corrected chi connectivity index (χ3v) is 4.32. The maximum Gasteiger partial charge on any atom is 0.251 e. The zero-order chi connectivity index (χ0) is 13.6. The summed E-state index contributed by atoms with van der Waals surface area (Å²) in [6.07, 6.45) is 1.72. The van der Waals surface area contributed by atoms with Crippen molar-refractivity contribution in [1.29, 1.82) is 5.26 Å². The zero-order valence-corrected chi connectivity index (χ0v) is 12.3. The van der Waals surface area contributed by atoms with E-state index in [0.29, 0.717) is 11.1 Å². The molecule has 18 heavy (non-hydrogen) atoms. The van der Waals surface area contributed by atoms with Crippen molar-refractivity contribution in [2.24, 2.45) is 0 Å². The molecule has 0 spiro atoms. The maximum absolute atomic E-state index is 12.2. The van der Waals surface area contributed by atoms with E-state index in [1.807, 2.05) is 6.07 Å². The second-order valence-corrected chi connectivity index (χ2v) is 4.83. The average molecular weight is 309 g/mol. The number of carbonyl (C=O) groups excluding carboxylic acids is 1. The van der Waals surface area contributed by atoms with Gasteiger partial charge in [0.05, 0.1) is 11.6 Å². The van der Waals surface area contributed by atoms with Crippen molar-refractivity contribution >= 4 is 21.8 Å². The van der Waals surface area contributed by atoms with E-state index in [1.54, 1.807) is 24.3 Å². The highest BCUT2D eigenvalue weighted by Gasteiger charge is 2.27. The van der Waals surface area contributed by atoms with Crippen molar-refractivity contribution in [1.82, 2.24) is 5.32 Å². The molecule has 0 aliphatic carbocycles. The Hall–Kier alpha value is -1.34. The van der Waals surface area contributed by atoms with E-state index in [-0.39, 0.29) is 11.4 Å². The van der Waals surface area contributed by atoms with Crippen LogP contribution in [0.15, 0.2) is 24.3 Å². The summed E-state index contributed by atoms with van der Waals surface area (Å²) in [4.78, 5) is 12.2. The van der Waals surface area contributed by atoms with Crippen LogP contribution in [0.1, 0.15) is 42.6 Å². The van der Waals surface area contributed by atoms with Crippen molar-refractivity contribution in [3.05, 3.63) is 35.4 Å². The fourth-order valence-electron chi connectivity index (χ4n) is 1.69. The number of alkyl halides is 1. The highest BCUT2D eigenvalue weighted by atomic mass is 79.9. The van der Waals surface area contributed by atoms with Crippen LogP contribution in [-0.4, -0.2) is 16.8 Å². The number of hydrogen-bond acceptors (Lipinski definition) is 2. The van der Waals surface area contributed by atoms with E-state index in [2.05, 4.69) is 35.1 Å². The molecule has 3 nitrogen and oxygen atoms in total. The summed E-state index contributed by atoms with van der Waals surface area (Å²) >= 11 is 3.46. The van der Waals surface area contributed by atoms with Crippen LogP contribution >= 0.6 is 15.9 Å². The van der Waals surface area contributed by atoms with Gasteiger partial charge in [-0.05, 0) is 31.0 Å². The molecule has 0 aliphatic rings. The summed E-state index contributed by atoms with van der Waals surface area (Å²) in [6, 6.07) is 8.78. The highest BCUT2D eigenvalue weighted by molar-refractivity contribution is 9.09. The normalized spacial score (nSPS) is 10.8. The van der Waals surface area contributed by atoms with Gasteiger partial charge in [-0.3, -0.25) is 4.79 Å². The Balaban J connectivity index is 2.91. The quantitative estimate of drug-likeness (QED) is 0.849. The molecule has 1 aromatic rings. The minimum absolute atomic E-state index is 0.129. The summed E-state index contributed by atoms with van der Waals surface area (Å²) in [5, 5.41) is 12.6. The lowest BCUT2D eigenvalue weighted by molar-refractivity contribution is 0.0903. The van der Waals surface area contributed by atoms with E-state index >= 15 is 0 Å². The van der Waals surface area contributed by atoms with Crippen molar-refractivity contribution in [3.8, 4) is 6.07 Å². The van der Waals surface area contributed by atoms with Crippen LogP contribution in [0.3, 0.4) is 0 Å². The molecule has 0 fully saturated rings. The van der Waals surface area contributed by atoms with E-state index in [0.717, 1.165) is 18.2 Å². The van der Waals surface area contributed by atoms with Crippen LogP contribution < -0.4 is 5.32 Å². The van der Waals surface area contributed by atoms with Gasteiger partial charge >= 0.3 is 0 Å². The zero-order valence-electron chi connectivity index (χ0n) is 10.7. The molecular weight excluding hydrogens is 292 g/mol. The number of nitrogens with zero attached hydrogens (tertiary/aromatic N) is 1. The van der Waals surface area contributed by atoms with Crippen molar-refractivity contribution in [2.75, 3.05) is 5.33 Å². The average Bonchev–Trinajstić information content (AvgIpc) is 2.44. The fraction of sp³-hybridized carbons (Fsp3) is 0.429. The predicted octanol–water partition coefficient (Wildman–Crippen LogP) is 3.24. The standard InChI is InChI=1S/C14H17BrN2O/c1-3-14(4-2,10-15)17-13(18)12-7-5-6-11(8-12)9-16/h5-8H,3-4,10H2,1-2H3,(H,17,18). The molecule has 1 rings (SSSR count). The van der Waals surface area contributed by atoms with Gasteiger partial charge in [-0.2, -0.15) is 5.26 Å². The lowest BCUT2D eigenvalue weighted by Gasteiger charge is -2.30. The van der Waals surface area contributed by atoms with E-state index in [9.17, 15) is 4.79 Å². The second kappa shape index (κ2) is 6.55. The van der Waals surface area contributed by atoms with Gasteiger partial charge in [0.1, 0.15) is 0 Å². The summed E-state index contributed by atoms with van der Waals surface area (Å²) in [7, 11) is 0. The first-order chi connectivity index (χ1) is 8.60. The molecule has 0 atom stereocenters. The molecule has 0 unspecified atom stereocenters. The molecule has 1 N–H and O–H groups in total. The third-order valence-electron chi connectivity index (χ3n) is 3.24. The molecule has 4 heteroatoms. The van der Waals surface area contributed by atoms with Crippen LogP contribution in [0.5, 0.6) is 0 Å². The van der Waals surface area contributed by atoms with Crippen LogP contribution in [0.25, 0.3) is 0 Å². The Morgan fingerprint density at radius 2 is 2.11 bits per heavy atom. The Morgan fingerprint density at radius 3 is 2.61 bits per heavy atom. The smallest absolute Gasteiger partial charge is 0.251 e. The number of carbonyl (C=O) groups is 1. The van der Waals surface area contributed by atoms with Crippen molar-refractivity contribution in [3.63, 3.8) is 0 Å². The first-order valence-corrected chi connectivity index (χ1v) is 7.11. The molecule has 1 aromatic carbocycles. The Morgan fingerprint density at radius 1 is 1.44 bits per heavy atom. The molecule has 1 amide bonds. The number of nitrogens with one attached hydrogen (secondary N) is 1. The number of hydrogen-bond donors (Lipinski definition) is 1. The lowest BCUT2D eigenvalue weighted by Crippen LogP contribution is -2.49. The SMILES string of the molecule is CCC(CC)(CBr)NC(=O)c1cccc(C#N)c1. The predicted molar refractivity (Wildman–Crippen MR) is 75.7 cm³/mol. The summed E-state index contributed by atoms with van der Waals surface area (Å²) in [6.45, 7) is 4.10. The summed E-state index contributed by atoms with van der Waals surface area (Å²) < 4.78 is 0. The molecule has 0 heterocycles. The minimum Gasteiger partial charge on any atom is -0.346 e. The fourth-order valence-corrected chi connectivity index (χ4v) is 2.63. The molecule has 0 aliphatic heterocycles. The topological polar surface area (TPSA) is 52.9 Å². The van der Waals surface area contributed by atoms with Crippen LogP contribution in [0.4, 0.5) is 0 Å². The molecule has 96 valence electrons. The number of amides is 1. The summed E-state index contributed by atoms with van der Waals surface area (Å²) in [5.74, 6) is -0.129. The van der Waals surface area contributed by atoms with Crippen LogP contribution in [0.2, 0.25) is 0 Å². The van der Waals surface area contributed by atoms with Gasteiger partial charge in [0, 0.05) is 16.4 Å². The van der Waals surface area contributed by atoms with Crippen LogP contribution in [0, 0.1) is 11.3 Å². The van der Waals surface area contributed by atoms with Gasteiger partial charge in [0.2, 0.25) is 0 Å². The summed E-state index contributed by atoms with van der Waals surface area (Å²) in [5.41, 5.74) is 0.807. The van der Waals surface area contributed by atoms with Gasteiger partial charge in [-0.25, -0.2) is 0 Å². The Kier molecular flexibility index (Phi) is 5.36. The van der Waals surface area contributed by atoms with E-state index < -0.39 is 0 Å². The van der Waals surface area contributed by atoms with E-state index in [4.69, 9.17) is 5.26 Å². The number of nitriles is 1.